The smallest absolute Gasteiger partial charge is 0.411 e. The van der Waals surface area contributed by atoms with E-state index in [2.05, 4.69) is 10.6 Å². The SMILES string of the molecule is COC(=O)Nc1cc(C(=O)N2CCCNCC2)ccc1N1CCCN(C(=O)c2cc(F)cc(F)c2)CC1. The van der Waals surface area contributed by atoms with Gasteiger partial charge in [-0.25, -0.2) is 13.6 Å². The number of nitrogens with one attached hydrogen (secondary N) is 2. The fraction of sp³-hybridized carbons (Fsp3) is 0.423. The van der Waals surface area contributed by atoms with Crippen LogP contribution in [-0.4, -0.2) is 87.2 Å². The average Bonchev–Trinajstić information content (AvgIpc) is 3.31. The Morgan fingerprint density at radius 3 is 2.27 bits per heavy atom. The van der Waals surface area contributed by atoms with Crippen molar-refractivity contribution in [2.75, 3.05) is 69.7 Å². The molecule has 3 amide bonds. The molecule has 0 atom stereocenters. The number of carbonyl (C=O) groups is 3. The minimum absolute atomic E-state index is 0.0365. The summed E-state index contributed by atoms with van der Waals surface area (Å²) in [6, 6.07) is 7.96. The van der Waals surface area contributed by atoms with Crippen molar-refractivity contribution >= 4 is 29.3 Å². The zero-order valence-electron chi connectivity index (χ0n) is 20.8. The van der Waals surface area contributed by atoms with E-state index in [1.165, 1.54) is 7.11 Å². The number of carbonyl (C=O) groups excluding carboxylic acids is 3. The van der Waals surface area contributed by atoms with Gasteiger partial charge in [-0.05, 0) is 49.7 Å². The van der Waals surface area contributed by atoms with E-state index in [9.17, 15) is 23.2 Å². The summed E-state index contributed by atoms with van der Waals surface area (Å²) in [6.45, 7) is 4.56. The Kier molecular flexibility index (Phi) is 8.54. The van der Waals surface area contributed by atoms with Crippen LogP contribution in [0.3, 0.4) is 0 Å². The van der Waals surface area contributed by atoms with E-state index in [0.717, 1.165) is 37.7 Å². The van der Waals surface area contributed by atoms with Gasteiger partial charge >= 0.3 is 6.09 Å². The molecule has 11 heteroatoms. The number of rotatable bonds is 4. The van der Waals surface area contributed by atoms with Crippen LogP contribution in [0.5, 0.6) is 0 Å². The van der Waals surface area contributed by atoms with Crippen LogP contribution in [0.1, 0.15) is 33.6 Å². The molecule has 2 saturated heterocycles. The number of methoxy groups -OCH3 is 1. The summed E-state index contributed by atoms with van der Waals surface area (Å²) in [5, 5.41) is 5.99. The number of benzene rings is 2. The first-order valence-electron chi connectivity index (χ1n) is 12.3. The quantitative estimate of drug-likeness (QED) is 0.651. The number of anilines is 2. The van der Waals surface area contributed by atoms with E-state index in [-0.39, 0.29) is 11.5 Å². The van der Waals surface area contributed by atoms with Crippen molar-refractivity contribution < 1.29 is 27.9 Å². The predicted molar refractivity (Wildman–Crippen MR) is 135 cm³/mol. The number of nitrogens with zero attached hydrogens (tertiary/aromatic N) is 3. The molecule has 2 aromatic carbocycles. The monoisotopic (exact) mass is 515 g/mol. The number of ether oxygens (including phenoxy) is 1. The van der Waals surface area contributed by atoms with Gasteiger partial charge in [0.15, 0.2) is 0 Å². The summed E-state index contributed by atoms with van der Waals surface area (Å²) in [5.74, 6) is -2.16. The minimum Gasteiger partial charge on any atom is -0.453 e. The Hall–Kier alpha value is -3.73. The molecule has 0 bridgehead atoms. The van der Waals surface area contributed by atoms with Gasteiger partial charge in [0.2, 0.25) is 0 Å². The first-order valence-corrected chi connectivity index (χ1v) is 12.3. The third kappa shape index (κ3) is 6.53. The highest BCUT2D eigenvalue weighted by Crippen LogP contribution is 2.29. The van der Waals surface area contributed by atoms with E-state index in [4.69, 9.17) is 4.74 Å². The van der Waals surface area contributed by atoms with Crippen molar-refractivity contribution in [1.29, 1.82) is 0 Å². The Bertz CT molecular complexity index is 1130. The molecule has 2 aliphatic rings. The second-order valence-corrected chi connectivity index (χ2v) is 9.04. The Morgan fingerprint density at radius 2 is 1.51 bits per heavy atom. The predicted octanol–water partition coefficient (Wildman–Crippen LogP) is 2.93. The van der Waals surface area contributed by atoms with E-state index >= 15 is 0 Å². The molecule has 37 heavy (non-hydrogen) atoms. The highest BCUT2D eigenvalue weighted by molar-refractivity contribution is 5.99. The first-order chi connectivity index (χ1) is 17.9. The maximum atomic E-state index is 13.6. The van der Waals surface area contributed by atoms with E-state index < -0.39 is 23.6 Å². The van der Waals surface area contributed by atoms with Crippen LogP contribution in [0.15, 0.2) is 36.4 Å². The normalized spacial score (nSPS) is 16.6. The Labute approximate surface area is 214 Å². The third-order valence-corrected chi connectivity index (χ3v) is 6.53. The van der Waals surface area contributed by atoms with Gasteiger partial charge in [0.1, 0.15) is 11.6 Å². The summed E-state index contributed by atoms with van der Waals surface area (Å²) >= 11 is 0. The van der Waals surface area contributed by atoms with Crippen LogP contribution >= 0.6 is 0 Å². The van der Waals surface area contributed by atoms with Crippen LogP contribution < -0.4 is 15.5 Å². The van der Waals surface area contributed by atoms with Crippen molar-refractivity contribution in [3.63, 3.8) is 0 Å². The molecule has 2 N–H and O–H groups in total. The fourth-order valence-electron chi connectivity index (χ4n) is 4.66. The van der Waals surface area contributed by atoms with Gasteiger partial charge in [0.05, 0.1) is 18.5 Å². The number of amides is 3. The van der Waals surface area contributed by atoms with Crippen molar-refractivity contribution in [3.8, 4) is 0 Å². The summed E-state index contributed by atoms with van der Waals surface area (Å²) in [6.07, 6.45) is 0.801. The summed E-state index contributed by atoms with van der Waals surface area (Å²) in [7, 11) is 1.26. The summed E-state index contributed by atoms with van der Waals surface area (Å²) in [5.41, 5.74) is 1.53. The maximum Gasteiger partial charge on any atom is 0.411 e. The second-order valence-electron chi connectivity index (χ2n) is 9.04. The van der Waals surface area contributed by atoms with Gasteiger partial charge in [-0.2, -0.15) is 0 Å². The average molecular weight is 516 g/mol. The first kappa shape index (κ1) is 26.3. The van der Waals surface area contributed by atoms with Gasteiger partial charge in [0.25, 0.3) is 11.8 Å². The van der Waals surface area contributed by atoms with Crippen LogP contribution in [0, 0.1) is 11.6 Å². The van der Waals surface area contributed by atoms with Gasteiger partial charge < -0.3 is 24.8 Å². The molecule has 2 heterocycles. The van der Waals surface area contributed by atoms with Crippen molar-refractivity contribution in [3.05, 3.63) is 59.2 Å². The molecule has 0 unspecified atom stereocenters. The molecule has 2 aliphatic heterocycles. The standard InChI is InChI=1S/C26H31F2N5O4/c1-37-26(36)30-22-16-18(24(34)32-8-2-6-29-7-11-32)4-5-23(22)31-9-3-10-33(13-12-31)25(35)19-14-20(27)17-21(28)15-19/h4-5,14-17,29H,2-3,6-13H2,1H3,(H,30,36). The second kappa shape index (κ2) is 12.0. The zero-order valence-corrected chi connectivity index (χ0v) is 20.8. The van der Waals surface area contributed by atoms with E-state index in [1.807, 2.05) is 4.90 Å². The molecule has 9 nitrogen and oxygen atoms in total. The number of hydrogen-bond donors (Lipinski definition) is 2. The fourth-order valence-corrected chi connectivity index (χ4v) is 4.66. The van der Waals surface area contributed by atoms with Crippen LogP contribution in [0.4, 0.5) is 25.0 Å². The molecule has 2 fully saturated rings. The summed E-state index contributed by atoms with van der Waals surface area (Å²) in [4.78, 5) is 43.5. The van der Waals surface area contributed by atoms with E-state index in [0.29, 0.717) is 62.6 Å². The molecule has 0 radical (unpaired) electrons. The third-order valence-electron chi connectivity index (χ3n) is 6.53. The molecule has 4 rings (SSSR count). The number of halogens is 2. The summed E-state index contributed by atoms with van der Waals surface area (Å²) < 4.78 is 32.0. The molecular formula is C26H31F2N5O4. The van der Waals surface area contributed by atoms with E-state index in [1.54, 1.807) is 28.0 Å². The lowest BCUT2D eigenvalue weighted by Crippen LogP contribution is -2.36. The van der Waals surface area contributed by atoms with Crippen LogP contribution in [0.2, 0.25) is 0 Å². The van der Waals surface area contributed by atoms with Gasteiger partial charge in [-0.3, -0.25) is 14.9 Å². The number of hydrogen-bond acceptors (Lipinski definition) is 6. The molecular weight excluding hydrogens is 484 g/mol. The zero-order chi connectivity index (χ0) is 26.4. The molecule has 2 aromatic rings. The van der Waals surface area contributed by atoms with Gasteiger partial charge in [-0.15, -0.1) is 0 Å². The molecule has 0 aliphatic carbocycles. The minimum atomic E-state index is -0.801. The lowest BCUT2D eigenvalue weighted by molar-refractivity contribution is 0.0758. The Morgan fingerprint density at radius 1 is 0.811 bits per heavy atom. The largest absolute Gasteiger partial charge is 0.453 e. The van der Waals surface area contributed by atoms with Crippen molar-refractivity contribution in [2.45, 2.75) is 12.8 Å². The maximum absolute atomic E-state index is 13.6. The highest BCUT2D eigenvalue weighted by atomic mass is 19.1. The van der Waals surface area contributed by atoms with Gasteiger partial charge in [0, 0.05) is 63.0 Å². The van der Waals surface area contributed by atoms with Crippen molar-refractivity contribution in [2.24, 2.45) is 0 Å². The van der Waals surface area contributed by atoms with Gasteiger partial charge in [-0.1, -0.05) is 0 Å². The Balaban J connectivity index is 1.53. The molecule has 0 saturated carbocycles. The highest BCUT2D eigenvalue weighted by Gasteiger charge is 2.25. The molecule has 198 valence electrons. The molecule has 0 aromatic heterocycles. The van der Waals surface area contributed by atoms with Crippen LogP contribution in [0.25, 0.3) is 0 Å². The van der Waals surface area contributed by atoms with Crippen molar-refractivity contribution in [1.82, 2.24) is 15.1 Å². The molecule has 0 spiro atoms. The lowest BCUT2D eigenvalue weighted by atomic mass is 10.1. The lowest BCUT2D eigenvalue weighted by Gasteiger charge is -2.27. The van der Waals surface area contributed by atoms with Crippen LogP contribution in [-0.2, 0) is 4.74 Å². The topological polar surface area (TPSA) is 94.2 Å².